The van der Waals surface area contributed by atoms with Crippen molar-refractivity contribution in [2.45, 2.75) is 25.8 Å². The summed E-state index contributed by atoms with van der Waals surface area (Å²) in [6.07, 6.45) is 5.53. The van der Waals surface area contributed by atoms with Gasteiger partial charge >= 0.3 is 0 Å². The molecule has 1 unspecified atom stereocenters. The fourth-order valence-corrected chi connectivity index (χ4v) is 1.61. The van der Waals surface area contributed by atoms with E-state index in [9.17, 15) is 0 Å². The molecular formula is C10H16ClN3. The van der Waals surface area contributed by atoms with Crippen LogP contribution in [0, 0.1) is 6.92 Å². The zero-order valence-electron chi connectivity index (χ0n) is 8.33. The van der Waals surface area contributed by atoms with E-state index in [1.165, 1.54) is 5.56 Å². The molecule has 0 spiro atoms. The van der Waals surface area contributed by atoms with Crippen molar-refractivity contribution < 1.29 is 0 Å². The lowest BCUT2D eigenvalue weighted by Gasteiger charge is -2.17. The van der Waals surface area contributed by atoms with Crippen LogP contribution in [-0.4, -0.2) is 10.9 Å². The zero-order chi connectivity index (χ0) is 10.4. The third-order valence-electron chi connectivity index (χ3n) is 2.28. The van der Waals surface area contributed by atoms with Gasteiger partial charge in [0.2, 0.25) is 0 Å². The molecule has 0 saturated carbocycles. The van der Waals surface area contributed by atoms with Crippen LogP contribution in [0.25, 0.3) is 0 Å². The summed E-state index contributed by atoms with van der Waals surface area (Å²) in [5.41, 5.74) is 5.15. The van der Waals surface area contributed by atoms with Crippen LogP contribution in [-0.2, 0) is 0 Å². The molecule has 0 saturated heterocycles. The highest BCUT2D eigenvalue weighted by Gasteiger charge is 2.11. The zero-order valence-corrected chi connectivity index (χ0v) is 9.09. The maximum Gasteiger partial charge on any atom is 0.0478 e. The van der Waals surface area contributed by atoms with Crippen LogP contribution in [0.4, 0.5) is 0 Å². The van der Waals surface area contributed by atoms with Gasteiger partial charge in [-0.25, -0.2) is 0 Å². The molecule has 3 nitrogen and oxygen atoms in total. The lowest BCUT2D eigenvalue weighted by atomic mass is 10.0. The van der Waals surface area contributed by atoms with Gasteiger partial charge in [-0.3, -0.25) is 16.3 Å². The molecule has 14 heavy (non-hydrogen) atoms. The Labute approximate surface area is 89.6 Å². The number of aryl methyl sites for hydroxylation is 1. The maximum absolute atomic E-state index is 5.65. The van der Waals surface area contributed by atoms with Crippen molar-refractivity contribution in [3.63, 3.8) is 0 Å². The van der Waals surface area contributed by atoms with E-state index < -0.39 is 0 Å². The number of hydrogen-bond acceptors (Lipinski definition) is 3. The number of hydrazine groups is 1. The van der Waals surface area contributed by atoms with Crippen LogP contribution in [0.15, 0.2) is 18.5 Å². The molecule has 1 aromatic heterocycles. The first-order valence-electron chi connectivity index (χ1n) is 4.72. The van der Waals surface area contributed by atoms with Crippen molar-refractivity contribution >= 4 is 11.6 Å². The van der Waals surface area contributed by atoms with Gasteiger partial charge in [-0.15, -0.1) is 11.6 Å². The number of halogens is 1. The van der Waals surface area contributed by atoms with Gasteiger partial charge in [-0.2, -0.15) is 0 Å². The number of pyridine rings is 1. The number of rotatable bonds is 5. The van der Waals surface area contributed by atoms with E-state index in [1.54, 1.807) is 6.20 Å². The predicted octanol–water partition coefficient (Wildman–Crippen LogP) is 1.91. The van der Waals surface area contributed by atoms with Crippen molar-refractivity contribution in [3.8, 4) is 0 Å². The maximum atomic E-state index is 5.65. The lowest BCUT2D eigenvalue weighted by Crippen LogP contribution is -2.28. The number of nitrogens with two attached hydrogens (primary N) is 1. The first-order chi connectivity index (χ1) is 6.79. The number of hydrogen-bond donors (Lipinski definition) is 2. The van der Waals surface area contributed by atoms with Gasteiger partial charge in [-0.1, -0.05) is 0 Å². The SMILES string of the molecule is Cc1ccncc1C(CCCCl)NN. The molecule has 78 valence electrons. The monoisotopic (exact) mass is 213 g/mol. The Hall–Kier alpha value is -0.640. The van der Waals surface area contributed by atoms with E-state index >= 15 is 0 Å². The first kappa shape index (κ1) is 11.4. The fourth-order valence-electron chi connectivity index (χ4n) is 1.45. The van der Waals surface area contributed by atoms with E-state index in [0.29, 0.717) is 5.88 Å². The summed E-state index contributed by atoms with van der Waals surface area (Å²) in [5, 5.41) is 0. The van der Waals surface area contributed by atoms with Crippen molar-refractivity contribution in [2.75, 3.05) is 5.88 Å². The Balaban J connectivity index is 2.73. The van der Waals surface area contributed by atoms with Crippen LogP contribution in [0.3, 0.4) is 0 Å². The Bertz CT molecular complexity index is 278. The van der Waals surface area contributed by atoms with Crippen LogP contribution in [0.2, 0.25) is 0 Å². The van der Waals surface area contributed by atoms with Crippen LogP contribution < -0.4 is 11.3 Å². The molecule has 0 aliphatic carbocycles. The molecule has 1 rings (SSSR count). The third kappa shape index (κ3) is 2.94. The third-order valence-corrected chi connectivity index (χ3v) is 2.55. The van der Waals surface area contributed by atoms with Crippen molar-refractivity contribution in [1.82, 2.24) is 10.4 Å². The molecule has 0 bridgehead atoms. The molecule has 0 amide bonds. The summed E-state index contributed by atoms with van der Waals surface area (Å²) >= 11 is 5.65. The topological polar surface area (TPSA) is 50.9 Å². The molecule has 0 radical (unpaired) electrons. The minimum Gasteiger partial charge on any atom is -0.271 e. The molecule has 1 heterocycles. The summed E-state index contributed by atoms with van der Waals surface area (Å²) in [6, 6.07) is 2.14. The second-order valence-corrected chi connectivity index (χ2v) is 3.66. The van der Waals surface area contributed by atoms with Gasteiger partial charge < -0.3 is 0 Å². The number of aromatic nitrogens is 1. The largest absolute Gasteiger partial charge is 0.271 e. The predicted molar refractivity (Wildman–Crippen MR) is 59.0 cm³/mol. The molecule has 4 heteroatoms. The molecule has 0 fully saturated rings. The molecular weight excluding hydrogens is 198 g/mol. The highest BCUT2D eigenvalue weighted by atomic mass is 35.5. The minimum atomic E-state index is 0.155. The minimum absolute atomic E-state index is 0.155. The highest BCUT2D eigenvalue weighted by Crippen LogP contribution is 2.20. The van der Waals surface area contributed by atoms with E-state index in [1.807, 2.05) is 12.3 Å². The highest BCUT2D eigenvalue weighted by molar-refractivity contribution is 6.17. The Kier molecular flexibility index (Phi) is 4.87. The Morgan fingerprint density at radius 1 is 1.64 bits per heavy atom. The van der Waals surface area contributed by atoms with Crippen LogP contribution >= 0.6 is 11.6 Å². The number of nitrogens with one attached hydrogen (secondary N) is 1. The molecule has 0 aromatic carbocycles. The summed E-state index contributed by atoms with van der Waals surface area (Å²) in [6.45, 7) is 2.06. The average Bonchev–Trinajstić information content (AvgIpc) is 2.21. The molecule has 1 aromatic rings. The van der Waals surface area contributed by atoms with Gasteiger partial charge in [-0.05, 0) is 37.0 Å². The fraction of sp³-hybridized carbons (Fsp3) is 0.500. The van der Waals surface area contributed by atoms with Crippen molar-refractivity contribution in [3.05, 3.63) is 29.6 Å². The summed E-state index contributed by atoms with van der Waals surface area (Å²) in [7, 11) is 0. The Morgan fingerprint density at radius 2 is 2.43 bits per heavy atom. The summed E-state index contributed by atoms with van der Waals surface area (Å²) in [5.74, 6) is 6.16. The van der Waals surface area contributed by atoms with E-state index in [0.717, 1.165) is 18.4 Å². The summed E-state index contributed by atoms with van der Waals surface area (Å²) < 4.78 is 0. The smallest absolute Gasteiger partial charge is 0.0478 e. The van der Waals surface area contributed by atoms with Crippen molar-refractivity contribution in [2.24, 2.45) is 5.84 Å². The standard InChI is InChI=1S/C10H16ClN3/c1-8-4-6-13-7-9(8)10(14-12)3-2-5-11/h4,6-7,10,14H,2-3,5,12H2,1H3. The van der Waals surface area contributed by atoms with E-state index in [2.05, 4.69) is 17.3 Å². The summed E-state index contributed by atoms with van der Waals surface area (Å²) in [4.78, 5) is 4.09. The second kappa shape index (κ2) is 5.96. The first-order valence-corrected chi connectivity index (χ1v) is 5.25. The molecule has 0 aliphatic rings. The number of alkyl halides is 1. The quantitative estimate of drug-likeness (QED) is 0.446. The molecule has 0 aliphatic heterocycles. The van der Waals surface area contributed by atoms with Crippen LogP contribution in [0.1, 0.15) is 30.0 Å². The average molecular weight is 214 g/mol. The van der Waals surface area contributed by atoms with Gasteiger partial charge in [0.05, 0.1) is 0 Å². The van der Waals surface area contributed by atoms with E-state index in [4.69, 9.17) is 17.4 Å². The van der Waals surface area contributed by atoms with Gasteiger partial charge in [0.1, 0.15) is 0 Å². The number of nitrogens with zero attached hydrogens (tertiary/aromatic N) is 1. The lowest BCUT2D eigenvalue weighted by molar-refractivity contribution is 0.508. The second-order valence-electron chi connectivity index (χ2n) is 3.28. The van der Waals surface area contributed by atoms with E-state index in [-0.39, 0.29) is 6.04 Å². The normalized spacial score (nSPS) is 12.8. The van der Waals surface area contributed by atoms with Crippen LogP contribution in [0.5, 0.6) is 0 Å². The van der Waals surface area contributed by atoms with Gasteiger partial charge in [0.15, 0.2) is 0 Å². The van der Waals surface area contributed by atoms with Gasteiger partial charge in [0, 0.05) is 24.3 Å². The molecule has 3 N–H and O–H groups in total. The van der Waals surface area contributed by atoms with Gasteiger partial charge in [0.25, 0.3) is 0 Å². The van der Waals surface area contributed by atoms with Crippen molar-refractivity contribution in [1.29, 1.82) is 0 Å². The molecule has 1 atom stereocenters. The Morgan fingerprint density at radius 3 is 3.00 bits per heavy atom.